The summed E-state index contributed by atoms with van der Waals surface area (Å²) in [6.45, 7) is 9.87. The van der Waals surface area contributed by atoms with Gasteiger partial charge in [0.25, 0.3) is 0 Å². The van der Waals surface area contributed by atoms with Gasteiger partial charge < -0.3 is 14.2 Å². The second kappa shape index (κ2) is 17.5. The molecule has 2 atom stereocenters. The Kier molecular flexibility index (Phi) is 13.5. The van der Waals surface area contributed by atoms with Crippen LogP contribution in [0.25, 0.3) is 0 Å². The van der Waals surface area contributed by atoms with Gasteiger partial charge in [-0.2, -0.15) is 0 Å². The first-order valence-electron chi connectivity index (χ1n) is 17.6. The van der Waals surface area contributed by atoms with E-state index in [4.69, 9.17) is 14.2 Å². The van der Waals surface area contributed by atoms with Crippen molar-refractivity contribution in [1.82, 2.24) is 5.06 Å². The number of rotatable bonds is 19. The molecule has 1 heterocycles. The molecule has 1 fully saturated rings. The Morgan fingerprint density at radius 1 is 0.587 bits per heavy atom. The smallest absolute Gasteiger partial charge is 0.343 e. The van der Waals surface area contributed by atoms with Crippen LogP contribution in [0.15, 0.2) is 72.8 Å². The second-order valence-electron chi connectivity index (χ2n) is 13.2. The predicted molar refractivity (Wildman–Crippen MR) is 184 cm³/mol. The molecule has 0 amide bonds. The van der Waals surface area contributed by atoms with Crippen molar-refractivity contribution in [3.05, 3.63) is 89.5 Å². The molecule has 249 valence electrons. The Balaban J connectivity index is 1.28. The highest BCUT2D eigenvalue weighted by Gasteiger charge is 2.52. The maximum atomic E-state index is 13.9. The van der Waals surface area contributed by atoms with Gasteiger partial charge in [-0.15, -0.1) is 10.3 Å². The number of benzene rings is 3. The minimum absolute atomic E-state index is 0.427. The molecule has 1 saturated heterocycles. The Labute approximate surface area is 277 Å². The molecule has 0 aromatic heterocycles. The predicted octanol–water partition coefficient (Wildman–Crippen LogP) is 10.6. The maximum absolute atomic E-state index is 13.9. The Morgan fingerprint density at radius 2 is 0.978 bits per heavy atom. The van der Waals surface area contributed by atoms with E-state index in [-0.39, 0.29) is 0 Å². The highest BCUT2D eigenvalue weighted by molar-refractivity contribution is 5.91. The lowest BCUT2D eigenvalue weighted by Crippen LogP contribution is -2.44. The van der Waals surface area contributed by atoms with Crippen molar-refractivity contribution in [2.45, 2.75) is 122 Å². The molecular formula is C40H54NO5. The molecule has 3 aromatic rings. The Hall–Kier alpha value is -3.35. The van der Waals surface area contributed by atoms with Gasteiger partial charge in [0.1, 0.15) is 17.2 Å². The summed E-state index contributed by atoms with van der Waals surface area (Å²) in [6.07, 6.45) is 14.8. The molecule has 1 aliphatic rings. The van der Waals surface area contributed by atoms with Crippen LogP contribution in [0, 0.1) is 0 Å². The summed E-state index contributed by atoms with van der Waals surface area (Å²) in [7, 11) is 0. The van der Waals surface area contributed by atoms with Gasteiger partial charge >= 0.3 is 5.97 Å². The number of unbranched alkanes of at least 4 members (excludes halogenated alkanes) is 9. The highest BCUT2D eigenvalue weighted by atomic mass is 16.5. The maximum Gasteiger partial charge on any atom is 0.343 e. The third-order valence-electron chi connectivity index (χ3n) is 9.53. The Morgan fingerprint density at radius 3 is 1.43 bits per heavy atom. The van der Waals surface area contributed by atoms with Crippen LogP contribution in [0.3, 0.4) is 0 Å². The van der Waals surface area contributed by atoms with Crippen molar-refractivity contribution in [1.29, 1.82) is 0 Å². The van der Waals surface area contributed by atoms with E-state index in [1.807, 2.05) is 62.4 Å². The third kappa shape index (κ3) is 9.36. The fourth-order valence-corrected chi connectivity index (χ4v) is 6.37. The van der Waals surface area contributed by atoms with Crippen molar-refractivity contribution in [3.63, 3.8) is 0 Å². The van der Waals surface area contributed by atoms with E-state index in [0.29, 0.717) is 17.9 Å². The minimum Gasteiger partial charge on any atom is -0.494 e. The summed E-state index contributed by atoms with van der Waals surface area (Å²) in [4.78, 5) is 12.8. The SMILES string of the molecule is CCCCCCCCOc1ccc(C(=O)Oc2ccc([C@]3(C)CC[C@@](C)(c4ccc(OCCCCCCC)cc4)N3[O])cc2)cc1. The Bertz CT molecular complexity index is 1320. The molecule has 0 spiro atoms. The van der Waals surface area contributed by atoms with Crippen molar-refractivity contribution in [2.75, 3.05) is 13.2 Å². The monoisotopic (exact) mass is 628 g/mol. The molecule has 3 aromatic carbocycles. The number of hydroxylamine groups is 2. The zero-order chi connectivity index (χ0) is 32.8. The first-order valence-corrected chi connectivity index (χ1v) is 17.6. The van der Waals surface area contributed by atoms with Crippen LogP contribution >= 0.6 is 0 Å². The van der Waals surface area contributed by atoms with Gasteiger partial charge in [0.05, 0.1) is 29.9 Å². The molecule has 0 N–H and O–H groups in total. The summed E-state index contributed by atoms with van der Waals surface area (Å²) < 4.78 is 17.4. The van der Waals surface area contributed by atoms with Crippen LogP contribution in [0.4, 0.5) is 0 Å². The van der Waals surface area contributed by atoms with E-state index in [1.54, 1.807) is 24.3 Å². The van der Waals surface area contributed by atoms with Crippen molar-refractivity contribution < 1.29 is 24.2 Å². The fraction of sp³-hybridized carbons (Fsp3) is 0.525. The van der Waals surface area contributed by atoms with Gasteiger partial charge in [-0.1, -0.05) is 95.9 Å². The fourth-order valence-electron chi connectivity index (χ4n) is 6.37. The minimum atomic E-state index is -0.698. The quantitative estimate of drug-likeness (QED) is 0.0750. The number of esters is 1. The molecule has 6 heteroatoms. The van der Waals surface area contributed by atoms with Crippen molar-refractivity contribution in [3.8, 4) is 17.2 Å². The normalized spacial score (nSPS) is 19.7. The van der Waals surface area contributed by atoms with Gasteiger partial charge in [0.15, 0.2) is 0 Å². The summed E-state index contributed by atoms with van der Waals surface area (Å²) in [5.74, 6) is 1.62. The number of carbonyl (C=O) groups excluding carboxylic acids is 1. The van der Waals surface area contributed by atoms with Gasteiger partial charge in [-0.3, -0.25) is 0 Å². The first kappa shape index (κ1) is 35.5. The van der Waals surface area contributed by atoms with Crippen LogP contribution in [0.1, 0.15) is 133 Å². The molecule has 0 unspecified atom stereocenters. The highest BCUT2D eigenvalue weighted by Crippen LogP contribution is 2.51. The van der Waals surface area contributed by atoms with Crippen molar-refractivity contribution in [2.24, 2.45) is 0 Å². The van der Waals surface area contributed by atoms with Gasteiger partial charge in [0.2, 0.25) is 0 Å². The van der Waals surface area contributed by atoms with Crippen molar-refractivity contribution >= 4 is 5.97 Å². The lowest BCUT2D eigenvalue weighted by Gasteiger charge is -2.37. The first-order chi connectivity index (χ1) is 22.3. The summed E-state index contributed by atoms with van der Waals surface area (Å²) >= 11 is 0. The standard InChI is InChI=1S/C40H54NO5/c1-5-7-9-11-13-15-31-44-35-22-16-32(17-23-35)38(42)46-37-26-20-34(21-27-37)40(4)29-28-39(3,41(40)43)33-18-24-36(25-19-33)45-30-14-12-10-8-6-2/h16-27H,5-15,28-31H2,1-4H3/t39-,40-/m0/s1. The van der Waals surface area contributed by atoms with E-state index in [1.165, 1.54) is 62.9 Å². The number of nitrogens with zero attached hydrogens (tertiary/aromatic N) is 1. The van der Waals surface area contributed by atoms with Crippen LogP contribution < -0.4 is 14.2 Å². The zero-order valence-corrected chi connectivity index (χ0v) is 28.5. The molecule has 46 heavy (non-hydrogen) atoms. The van der Waals surface area contributed by atoms with E-state index in [9.17, 15) is 10.0 Å². The van der Waals surface area contributed by atoms with Gasteiger partial charge in [-0.25, -0.2) is 4.79 Å². The molecule has 1 radical (unpaired) electrons. The topological polar surface area (TPSA) is 67.9 Å². The van der Waals surface area contributed by atoms with Gasteiger partial charge in [0, 0.05) is 0 Å². The lowest BCUT2D eigenvalue weighted by molar-refractivity contribution is -0.260. The van der Waals surface area contributed by atoms with E-state index < -0.39 is 17.0 Å². The lowest BCUT2D eigenvalue weighted by atomic mass is 9.89. The summed E-state index contributed by atoms with van der Waals surface area (Å²) in [5.41, 5.74) is 1.01. The number of hydrogen-bond donors (Lipinski definition) is 0. The van der Waals surface area contributed by atoms with Gasteiger partial charge in [-0.05, 0) is 99.2 Å². The van der Waals surface area contributed by atoms with E-state index in [2.05, 4.69) is 13.8 Å². The van der Waals surface area contributed by atoms with Crippen LogP contribution in [0.5, 0.6) is 17.2 Å². The molecule has 0 bridgehead atoms. The molecule has 4 rings (SSSR count). The molecular weight excluding hydrogens is 574 g/mol. The number of hydrogen-bond acceptors (Lipinski definition) is 5. The third-order valence-corrected chi connectivity index (χ3v) is 9.53. The number of carbonyl (C=O) groups is 1. The van der Waals surface area contributed by atoms with E-state index >= 15 is 0 Å². The number of ether oxygens (including phenoxy) is 3. The summed E-state index contributed by atoms with van der Waals surface area (Å²) in [5, 5.41) is 15.2. The molecule has 0 saturated carbocycles. The zero-order valence-electron chi connectivity index (χ0n) is 28.5. The van der Waals surface area contributed by atoms with Crippen LogP contribution in [-0.2, 0) is 16.3 Å². The second-order valence-corrected chi connectivity index (χ2v) is 13.2. The largest absolute Gasteiger partial charge is 0.494 e. The average molecular weight is 629 g/mol. The van der Waals surface area contributed by atoms with Crippen LogP contribution in [-0.4, -0.2) is 24.2 Å². The molecule has 1 aliphatic heterocycles. The average Bonchev–Trinajstić information content (AvgIpc) is 3.32. The molecule has 0 aliphatic carbocycles. The van der Waals surface area contributed by atoms with E-state index in [0.717, 1.165) is 54.9 Å². The molecule has 6 nitrogen and oxygen atoms in total. The van der Waals surface area contributed by atoms with Crippen LogP contribution in [0.2, 0.25) is 0 Å². The summed E-state index contributed by atoms with van der Waals surface area (Å²) in [6, 6.07) is 22.5.